The Morgan fingerprint density at radius 3 is 2.79 bits per heavy atom. The molecule has 0 heterocycles. The molecule has 1 aromatic rings. The van der Waals surface area contributed by atoms with Crippen molar-refractivity contribution in [3.63, 3.8) is 0 Å². The molecular weight excluding hydrogens is 313 g/mol. The highest BCUT2D eigenvalue weighted by molar-refractivity contribution is 9.10. The van der Waals surface area contributed by atoms with Gasteiger partial charge in [0.25, 0.3) is 5.91 Å². The van der Waals surface area contributed by atoms with E-state index in [-0.39, 0.29) is 17.8 Å². The number of hydrogen-bond acceptors (Lipinski definition) is 2. The molecule has 0 radical (unpaired) electrons. The topological polar surface area (TPSA) is 38.3 Å². The van der Waals surface area contributed by atoms with Crippen molar-refractivity contribution in [1.29, 1.82) is 0 Å². The van der Waals surface area contributed by atoms with Crippen LogP contribution in [-0.4, -0.2) is 25.2 Å². The lowest BCUT2D eigenvalue weighted by molar-refractivity contribution is 0.0754. The highest BCUT2D eigenvalue weighted by atomic mass is 79.9. The molecule has 0 bridgehead atoms. The van der Waals surface area contributed by atoms with E-state index in [9.17, 15) is 9.18 Å². The average Bonchev–Trinajstić information content (AvgIpc) is 2.32. The van der Waals surface area contributed by atoms with Gasteiger partial charge < -0.3 is 10.1 Å². The van der Waals surface area contributed by atoms with Crippen LogP contribution in [0.2, 0.25) is 0 Å². The highest BCUT2D eigenvalue weighted by Gasteiger charge is 2.09. The monoisotopic (exact) mass is 331 g/mol. The van der Waals surface area contributed by atoms with Gasteiger partial charge in [-0.15, -0.1) is 0 Å². The van der Waals surface area contributed by atoms with Crippen LogP contribution in [0.1, 0.15) is 37.0 Å². The lowest BCUT2D eigenvalue weighted by Crippen LogP contribution is -2.25. The quantitative estimate of drug-likeness (QED) is 0.776. The Kier molecular flexibility index (Phi) is 7.02. The largest absolute Gasteiger partial charge is 0.379 e. The Hall–Kier alpha value is -0.940. The first-order valence-corrected chi connectivity index (χ1v) is 7.15. The Balaban J connectivity index is 2.28. The Morgan fingerprint density at radius 1 is 1.42 bits per heavy atom. The first-order chi connectivity index (χ1) is 9.00. The summed E-state index contributed by atoms with van der Waals surface area (Å²) in [6.07, 6.45) is 2.00. The third-order valence-electron chi connectivity index (χ3n) is 2.48. The van der Waals surface area contributed by atoms with Crippen LogP contribution in [-0.2, 0) is 4.74 Å². The van der Waals surface area contributed by atoms with Crippen LogP contribution < -0.4 is 5.32 Å². The lowest BCUT2D eigenvalue weighted by Gasteiger charge is -2.08. The third kappa shape index (κ3) is 6.16. The van der Waals surface area contributed by atoms with Crippen LogP contribution in [0.25, 0.3) is 0 Å². The zero-order valence-electron chi connectivity index (χ0n) is 11.2. The number of halogens is 2. The minimum Gasteiger partial charge on any atom is -0.379 e. The number of carbonyl (C=O) groups is 1. The molecule has 5 heteroatoms. The molecule has 0 fully saturated rings. The zero-order chi connectivity index (χ0) is 14.3. The maximum absolute atomic E-state index is 12.9. The van der Waals surface area contributed by atoms with Crippen LogP contribution in [0.5, 0.6) is 0 Å². The van der Waals surface area contributed by atoms with Gasteiger partial charge in [-0.25, -0.2) is 4.39 Å². The minimum atomic E-state index is -0.366. The van der Waals surface area contributed by atoms with Gasteiger partial charge in [-0.2, -0.15) is 0 Å². The number of benzene rings is 1. The van der Waals surface area contributed by atoms with E-state index in [2.05, 4.69) is 21.2 Å². The number of rotatable bonds is 7. The summed E-state index contributed by atoms with van der Waals surface area (Å²) in [6.45, 7) is 5.28. The van der Waals surface area contributed by atoms with E-state index < -0.39 is 0 Å². The van der Waals surface area contributed by atoms with Crippen molar-refractivity contribution in [2.24, 2.45) is 0 Å². The number of amides is 1. The summed E-state index contributed by atoms with van der Waals surface area (Å²) in [6, 6.07) is 4.03. The van der Waals surface area contributed by atoms with Crippen molar-refractivity contribution < 1.29 is 13.9 Å². The number of nitrogens with one attached hydrogen (secondary N) is 1. The first-order valence-electron chi connectivity index (χ1n) is 6.35. The second-order valence-corrected chi connectivity index (χ2v) is 5.36. The summed E-state index contributed by atoms with van der Waals surface area (Å²) in [5, 5.41) is 2.80. The average molecular weight is 332 g/mol. The van der Waals surface area contributed by atoms with E-state index in [0.717, 1.165) is 12.8 Å². The predicted octanol–water partition coefficient (Wildman–Crippen LogP) is 3.52. The van der Waals surface area contributed by atoms with Crippen LogP contribution in [0.4, 0.5) is 4.39 Å². The van der Waals surface area contributed by atoms with Gasteiger partial charge in [-0.1, -0.05) is 0 Å². The Morgan fingerprint density at radius 2 is 2.16 bits per heavy atom. The smallest absolute Gasteiger partial charge is 0.252 e. The molecular formula is C14H19BrFNO2. The fourth-order valence-corrected chi connectivity index (χ4v) is 2.05. The van der Waals surface area contributed by atoms with Crippen molar-refractivity contribution >= 4 is 21.8 Å². The van der Waals surface area contributed by atoms with Gasteiger partial charge in [0.15, 0.2) is 0 Å². The molecule has 106 valence electrons. The summed E-state index contributed by atoms with van der Waals surface area (Å²) in [4.78, 5) is 11.8. The van der Waals surface area contributed by atoms with E-state index in [4.69, 9.17) is 4.74 Å². The van der Waals surface area contributed by atoms with E-state index in [1.807, 2.05) is 13.8 Å². The maximum atomic E-state index is 12.9. The van der Waals surface area contributed by atoms with Gasteiger partial charge in [0.1, 0.15) is 5.82 Å². The first kappa shape index (κ1) is 16.1. The van der Waals surface area contributed by atoms with Gasteiger partial charge in [-0.05, 0) is 60.8 Å². The van der Waals surface area contributed by atoms with Crippen molar-refractivity contribution in [2.45, 2.75) is 32.8 Å². The molecule has 0 aliphatic rings. The maximum Gasteiger partial charge on any atom is 0.252 e. The SMILES string of the molecule is CC(C)OCCCCNC(=O)c1ccc(F)cc1Br. The number of carbonyl (C=O) groups excluding carboxylic acids is 1. The van der Waals surface area contributed by atoms with Crippen molar-refractivity contribution in [1.82, 2.24) is 5.32 Å². The van der Waals surface area contributed by atoms with Gasteiger partial charge in [0.05, 0.1) is 11.7 Å². The van der Waals surface area contributed by atoms with Crippen molar-refractivity contribution in [3.05, 3.63) is 34.1 Å². The summed E-state index contributed by atoms with van der Waals surface area (Å²) in [5.41, 5.74) is 0.444. The highest BCUT2D eigenvalue weighted by Crippen LogP contribution is 2.17. The van der Waals surface area contributed by atoms with E-state index in [0.29, 0.717) is 23.2 Å². The molecule has 0 unspecified atom stereocenters. The fraction of sp³-hybridized carbons (Fsp3) is 0.500. The fourth-order valence-electron chi connectivity index (χ4n) is 1.52. The van der Waals surface area contributed by atoms with E-state index in [1.54, 1.807) is 0 Å². The van der Waals surface area contributed by atoms with Gasteiger partial charge >= 0.3 is 0 Å². The normalized spacial score (nSPS) is 10.8. The second kappa shape index (κ2) is 8.27. The summed E-state index contributed by atoms with van der Waals surface area (Å²) in [7, 11) is 0. The van der Waals surface area contributed by atoms with Gasteiger partial charge in [0.2, 0.25) is 0 Å². The number of hydrogen-bond donors (Lipinski definition) is 1. The summed E-state index contributed by atoms with van der Waals surface area (Å²) < 4.78 is 18.8. The second-order valence-electron chi connectivity index (χ2n) is 4.51. The number of ether oxygens (including phenoxy) is 1. The molecule has 0 saturated heterocycles. The van der Waals surface area contributed by atoms with E-state index >= 15 is 0 Å². The van der Waals surface area contributed by atoms with Crippen molar-refractivity contribution in [2.75, 3.05) is 13.2 Å². The molecule has 1 N–H and O–H groups in total. The Bertz CT molecular complexity index is 424. The van der Waals surface area contributed by atoms with Crippen LogP contribution in [0, 0.1) is 5.82 Å². The zero-order valence-corrected chi connectivity index (χ0v) is 12.8. The molecule has 0 aliphatic heterocycles. The molecule has 0 aromatic heterocycles. The van der Waals surface area contributed by atoms with Crippen molar-refractivity contribution in [3.8, 4) is 0 Å². The molecule has 0 spiro atoms. The number of unbranched alkanes of at least 4 members (excludes halogenated alkanes) is 1. The van der Waals surface area contributed by atoms with Crippen LogP contribution in [0.3, 0.4) is 0 Å². The van der Waals surface area contributed by atoms with Gasteiger partial charge in [0, 0.05) is 17.6 Å². The van der Waals surface area contributed by atoms with E-state index in [1.165, 1.54) is 18.2 Å². The summed E-state index contributed by atoms with van der Waals surface area (Å²) in [5.74, 6) is -0.564. The molecule has 1 rings (SSSR count). The molecule has 19 heavy (non-hydrogen) atoms. The van der Waals surface area contributed by atoms with Crippen LogP contribution in [0.15, 0.2) is 22.7 Å². The summed E-state index contributed by atoms with van der Waals surface area (Å²) >= 11 is 3.18. The third-order valence-corrected chi connectivity index (χ3v) is 3.14. The molecule has 1 amide bonds. The Labute approximate surface area is 121 Å². The molecule has 0 saturated carbocycles. The lowest BCUT2D eigenvalue weighted by atomic mass is 10.2. The van der Waals surface area contributed by atoms with Crippen LogP contribution >= 0.6 is 15.9 Å². The molecule has 0 atom stereocenters. The molecule has 1 aromatic carbocycles. The van der Waals surface area contributed by atoms with Gasteiger partial charge in [-0.3, -0.25) is 4.79 Å². The predicted molar refractivity (Wildman–Crippen MR) is 76.8 cm³/mol. The standard InChI is InChI=1S/C14H19BrFNO2/c1-10(2)19-8-4-3-7-17-14(18)12-6-5-11(16)9-13(12)15/h5-6,9-10H,3-4,7-8H2,1-2H3,(H,17,18). The molecule has 0 aliphatic carbocycles. The molecule has 3 nitrogen and oxygen atoms in total. The minimum absolute atomic E-state index is 0.198.